The fourth-order valence-electron chi connectivity index (χ4n) is 2.76. The molecule has 4 rings (SSSR count). The van der Waals surface area contributed by atoms with Gasteiger partial charge in [-0.1, -0.05) is 0 Å². The van der Waals surface area contributed by atoms with E-state index in [1.807, 2.05) is 12.1 Å². The number of nitrogens with one attached hydrogen (secondary N) is 1. The highest BCUT2D eigenvalue weighted by atomic mass is 32.2. The minimum absolute atomic E-state index is 0.272. The highest BCUT2D eigenvalue weighted by Crippen LogP contribution is 2.39. The first kappa shape index (κ1) is 18.3. The normalized spacial score (nSPS) is 11.5. The number of hydrogen-bond donors (Lipinski definition) is 1. The molecule has 0 aliphatic carbocycles. The molecule has 3 heterocycles. The maximum absolute atomic E-state index is 11.6. The Morgan fingerprint density at radius 1 is 1.11 bits per heavy atom. The zero-order valence-corrected chi connectivity index (χ0v) is 16.7. The van der Waals surface area contributed by atoms with Crippen LogP contribution in [-0.2, 0) is 9.84 Å². The van der Waals surface area contributed by atoms with Gasteiger partial charge < -0.3 is 10.1 Å². The van der Waals surface area contributed by atoms with Crippen molar-refractivity contribution >= 4 is 42.9 Å². The molecule has 0 atom stereocenters. The molecule has 0 aliphatic heterocycles. The zero-order chi connectivity index (χ0) is 19.7. The molecule has 0 saturated carbocycles. The molecule has 28 heavy (non-hydrogen) atoms. The fraction of sp³-hybridized carbons (Fsp3) is 0.105. The largest absolute Gasteiger partial charge is 0.494 e. The van der Waals surface area contributed by atoms with Gasteiger partial charge in [-0.3, -0.25) is 4.98 Å². The van der Waals surface area contributed by atoms with Gasteiger partial charge in [0.15, 0.2) is 9.84 Å². The van der Waals surface area contributed by atoms with Crippen molar-refractivity contribution in [3.05, 3.63) is 55.1 Å². The molecule has 0 fully saturated rings. The van der Waals surface area contributed by atoms with Gasteiger partial charge in [0, 0.05) is 28.6 Å². The van der Waals surface area contributed by atoms with Gasteiger partial charge >= 0.3 is 0 Å². The summed E-state index contributed by atoms with van der Waals surface area (Å²) in [5.74, 6) is 1.33. The molecule has 3 aromatic heterocycles. The Hall–Kier alpha value is -3.04. The Labute approximate surface area is 166 Å². The summed E-state index contributed by atoms with van der Waals surface area (Å²) in [5.41, 5.74) is 1.67. The molecule has 0 bridgehead atoms. The molecule has 0 spiro atoms. The van der Waals surface area contributed by atoms with Gasteiger partial charge in [0.1, 0.15) is 22.7 Å². The fourth-order valence-corrected chi connectivity index (χ4v) is 4.42. The lowest BCUT2D eigenvalue weighted by atomic mass is 10.2. The molecule has 9 heteroatoms. The van der Waals surface area contributed by atoms with E-state index in [1.54, 1.807) is 43.8 Å². The number of fused-ring (bicyclic) bond motifs is 1. The third-order valence-corrected chi connectivity index (χ3v) is 6.35. The van der Waals surface area contributed by atoms with E-state index in [-0.39, 0.29) is 4.90 Å². The number of anilines is 2. The number of sulfone groups is 1. The monoisotopic (exact) mass is 412 g/mol. The molecular weight excluding hydrogens is 396 g/mol. The van der Waals surface area contributed by atoms with Crippen LogP contribution in [0.15, 0.2) is 60.0 Å². The maximum Gasteiger partial charge on any atom is 0.175 e. The van der Waals surface area contributed by atoms with Crippen molar-refractivity contribution in [2.24, 2.45) is 0 Å². The van der Waals surface area contributed by atoms with E-state index in [2.05, 4.69) is 20.3 Å². The second-order valence-electron chi connectivity index (χ2n) is 6.05. The van der Waals surface area contributed by atoms with Crippen LogP contribution in [0.25, 0.3) is 20.7 Å². The molecule has 1 aromatic carbocycles. The number of methoxy groups -OCH3 is 1. The van der Waals surface area contributed by atoms with E-state index >= 15 is 0 Å². The van der Waals surface area contributed by atoms with Crippen LogP contribution < -0.4 is 10.1 Å². The van der Waals surface area contributed by atoms with Crippen molar-refractivity contribution in [2.45, 2.75) is 4.90 Å². The van der Waals surface area contributed by atoms with Crippen molar-refractivity contribution in [3.8, 4) is 16.2 Å². The molecule has 0 amide bonds. The highest BCUT2D eigenvalue weighted by molar-refractivity contribution is 7.90. The SMILES string of the molecule is COc1cnccc1-c1cc2c(Nc3ccc(S(C)(=O)=O)cc3)ncnc2s1. The van der Waals surface area contributed by atoms with E-state index in [0.717, 1.165) is 26.3 Å². The highest BCUT2D eigenvalue weighted by Gasteiger charge is 2.14. The third-order valence-electron chi connectivity index (χ3n) is 4.14. The van der Waals surface area contributed by atoms with E-state index in [4.69, 9.17) is 4.74 Å². The van der Waals surface area contributed by atoms with Crippen molar-refractivity contribution in [2.75, 3.05) is 18.7 Å². The number of thiophene rings is 1. The summed E-state index contributed by atoms with van der Waals surface area (Å²) >= 11 is 1.53. The third kappa shape index (κ3) is 3.54. The Balaban J connectivity index is 1.72. The molecule has 7 nitrogen and oxygen atoms in total. The molecule has 142 valence electrons. The quantitative estimate of drug-likeness (QED) is 0.531. The lowest BCUT2D eigenvalue weighted by molar-refractivity contribution is 0.414. The number of hydrogen-bond acceptors (Lipinski definition) is 8. The summed E-state index contributed by atoms with van der Waals surface area (Å²) in [5, 5.41) is 4.11. The molecule has 4 aromatic rings. The number of pyridine rings is 1. The molecule has 0 saturated heterocycles. The molecule has 0 unspecified atom stereocenters. The molecule has 0 aliphatic rings. The summed E-state index contributed by atoms with van der Waals surface area (Å²) in [6.45, 7) is 0. The van der Waals surface area contributed by atoms with Gasteiger partial charge in [-0.25, -0.2) is 18.4 Å². The average Bonchev–Trinajstić information content (AvgIpc) is 3.13. The molecule has 0 radical (unpaired) electrons. The lowest BCUT2D eigenvalue weighted by Gasteiger charge is -2.07. The van der Waals surface area contributed by atoms with Crippen molar-refractivity contribution < 1.29 is 13.2 Å². The molecular formula is C19H16N4O3S2. The minimum atomic E-state index is -3.23. The van der Waals surface area contributed by atoms with Crippen molar-refractivity contribution in [3.63, 3.8) is 0 Å². The van der Waals surface area contributed by atoms with Gasteiger partial charge in [0.2, 0.25) is 0 Å². The van der Waals surface area contributed by atoms with Gasteiger partial charge in [-0.05, 0) is 36.4 Å². The van der Waals surface area contributed by atoms with E-state index in [0.29, 0.717) is 11.6 Å². The first-order valence-corrected chi connectivity index (χ1v) is 11.0. The zero-order valence-electron chi connectivity index (χ0n) is 15.1. The Bertz CT molecular complexity index is 1250. The van der Waals surface area contributed by atoms with Gasteiger partial charge in [0.25, 0.3) is 0 Å². The van der Waals surface area contributed by atoms with Crippen molar-refractivity contribution in [1.82, 2.24) is 15.0 Å². The second kappa shape index (κ2) is 7.17. The van der Waals surface area contributed by atoms with Crippen molar-refractivity contribution in [1.29, 1.82) is 0 Å². The number of aromatic nitrogens is 3. The molecule has 1 N–H and O–H groups in total. The van der Waals surface area contributed by atoms with Crippen LogP contribution in [0, 0.1) is 0 Å². The number of benzene rings is 1. The Morgan fingerprint density at radius 3 is 2.61 bits per heavy atom. The van der Waals surface area contributed by atoms with Crippen LogP contribution in [0.3, 0.4) is 0 Å². The smallest absolute Gasteiger partial charge is 0.175 e. The van der Waals surface area contributed by atoms with Gasteiger partial charge in [0.05, 0.1) is 23.6 Å². The van der Waals surface area contributed by atoms with E-state index < -0.39 is 9.84 Å². The number of ether oxygens (including phenoxy) is 1. The predicted molar refractivity (Wildman–Crippen MR) is 110 cm³/mol. The van der Waals surface area contributed by atoms with E-state index in [1.165, 1.54) is 23.9 Å². The topological polar surface area (TPSA) is 94.1 Å². The van der Waals surface area contributed by atoms with Crippen LogP contribution in [0.4, 0.5) is 11.5 Å². The predicted octanol–water partition coefficient (Wildman–Crippen LogP) is 3.91. The van der Waals surface area contributed by atoms with Gasteiger partial charge in [-0.2, -0.15) is 0 Å². The Kier molecular flexibility index (Phi) is 4.70. The van der Waals surface area contributed by atoms with Crippen LogP contribution in [0.1, 0.15) is 0 Å². The Morgan fingerprint density at radius 2 is 1.89 bits per heavy atom. The minimum Gasteiger partial charge on any atom is -0.494 e. The summed E-state index contributed by atoms with van der Waals surface area (Å²) in [7, 11) is -1.62. The number of nitrogens with zero attached hydrogens (tertiary/aromatic N) is 3. The summed E-state index contributed by atoms with van der Waals surface area (Å²) in [4.78, 5) is 14.9. The van der Waals surface area contributed by atoms with Crippen LogP contribution in [0.5, 0.6) is 5.75 Å². The van der Waals surface area contributed by atoms with Crippen LogP contribution in [0.2, 0.25) is 0 Å². The number of rotatable bonds is 5. The maximum atomic E-state index is 11.6. The first-order chi connectivity index (χ1) is 13.5. The average molecular weight is 412 g/mol. The lowest BCUT2D eigenvalue weighted by Crippen LogP contribution is -1.98. The summed E-state index contributed by atoms with van der Waals surface area (Å²) in [6, 6.07) is 10.5. The standard InChI is InChI=1S/C19H16N4O3S2/c1-26-16-10-20-8-7-14(16)17-9-15-18(21-11-22-19(15)27-17)23-12-3-5-13(6-4-12)28(2,24)25/h3-11H,1-2H3,(H,21,22,23). The van der Waals surface area contributed by atoms with E-state index in [9.17, 15) is 8.42 Å². The summed E-state index contributed by atoms with van der Waals surface area (Å²) in [6.07, 6.45) is 6.08. The summed E-state index contributed by atoms with van der Waals surface area (Å²) < 4.78 is 28.6. The van der Waals surface area contributed by atoms with Gasteiger partial charge in [-0.15, -0.1) is 11.3 Å². The van der Waals surface area contributed by atoms with Crippen LogP contribution >= 0.6 is 11.3 Å². The first-order valence-electron chi connectivity index (χ1n) is 8.26. The second-order valence-corrected chi connectivity index (χ2v) is 9.10. The van der Waals surface area contributed by atoms with Crippen LogP contribution in [-0.4, -0.2) is 36.7 Å².